The van der Waals surface area contributed by atoms with Crippen LogP contribution in [-0.2, 0) is 6.18 Å². The molecule has 102 valence electrons. The molecule has 2 rings (SSSR count). The van der Waals surface area contributed by atoms with Gasteiger partial charge in [-0.25, -0.2) is 5.43 Å². The summed E-state index contributed by atoms with van der Waals surface area (Å²) < 4.78 is 38.4. The minimum atomic E-state index is -4.32. The van der Waals surface area contributed by atoms with Gasteiger partial charge in [0, 0.05) is 4.88 Å². The molecule has 0 saturated carbocycles. The minimum absolute atomic E-state index is 0.321. The molecule has 7 heteroatoms. The molecule has 0 fully saturated rings. The van der Waals surface area contributed by atoms with Gasteiger partial charge >= 0.3 is 6.18 Å². The predicted octanol–water partition coefficient (Wildman–Crippen LogP) is 4.08. The van der Waals surface area contributed by atoms with Gasteiger partial charge in [0.2, 0.25) is 0 Å². The van der Waals surface area contributed by atoms with Crippen molar-refractivity contribution < 1.29 is 13.2 Å². The maximum absolute atomic E-state index is 12.5. The lowest BCUT2D eigenvalue weighted by atomic mass is 10.0. The van der Waals surface area contributed by atoms with Crippen LogP contribution >= 0.6 is 27.3 Å². The van der Waals surface area contributed by atoms with Crippen molar-refractivity contribution >= 4 is 27.3 Å². The number of nitrogens with one attached hydrogen (secondary N) is 1. The zero-order chi connectivity index (χ0) is 14.0. The quantitative estimate of drug-likeness (QED) is 0.646. The average Bonchev–Trinajstić information content (AvgIpc) is 2.76. The number of halogens is 4. The molecule has 3 N–H and O–H groups in total. The highest BCUT2D eigenvalue weighted by molar-refractivity contribution is 9.11. The lowest BCUT2D eigenvalue weighted by Crippen LogP contribution is -2.28. The maximum Gasteiger partial charge on any atom is 0.416 e. The molecule has 2 aromatic rings. The number of hydrazine groups is 1. The van der Waals surface area contributed by atoms with E-state index in [0.29, 0.717) is 5.56 Å². The van der Waals surface area contributed by atoms with Gasteiger partial charge in [0.25, 0.3) is 0 Å². The van der Waals surface area contributed by atoms with Crippen LogP contribution in [0.3, 0.4) is 0 Å². The van der Waals surface area contributed by atoms with Gasteiger partial charge in [-0.3, -0.25) is 5.84 Å². The summed E-state index contributed by atoms with van der Waals surface area (Å²) in [6.07, 6.45) is -4.32. The van der Waals surface area contributed by atoms with E-state index in [9.17, 15) is 13.2 Å². The second kappa shape index (κ2) is 5.62. The SMILES string of the molecule is NNC(c1ccc(C(F)(F)F)cc1)c1ccc(Br)s1. The van der Waals surface area contributed by atoms with E-state index in [-0.39, 0.29) is 6.04 Å². The van der Waals surface area contributed by atoms with Gasteiger partial charge in [-0.1, -0.05) is 12.1 Å². The number of nitrogens with two attached hydrogens (primary N) is 1. The Morgan fingerprint density at radius 2 is 1.74 bits per heavy atom. The Balaban J connectivity index is 2.30. The first-order valence-electron chi connectivity index (χ1n) is 5.30. The number of hydrogen-bond donors (Lipinski definition) is 2. The Morgan fingerprint density at radius 1 is 1.11 bits per heavy atom. The number of alkyl halides is 3. The molecule has 1 aromatic heterocycles. The van der Waals surface area contributed by atoms with Crippen molar-refractivity contribution in [1.29, 1.82) is 0 Å². The highest BCUT2D eigenvalue weighted by Crippen LogP contribution is 2.33. The largest absolute Gasteiger partial charge is 0.416 e. The second-order valence-corrected chi connectivity index (χ2v) is 6.36. The van der Waals surface area contributed by atoms with Crippen LogP contribution in [0.5, 0.6) is 0 Å². The standard InChI is InChI=1S/C12H10BrF3N2S/c13-10-6-5-9(19-10)11(18-17)7-1-3-8(4-2-7)12(14,15)16/h1-6,11,18H,17H2. The fourth-order valence-electron chi connectivity index (χ4n) is 1.69. The molecule has 0 saturated heterocycles. The third-order valence-corrected chi connectivity index (χ3v) is 4.31. The summed E-state index contributed by atoms with van der Waals surface area (Å²) in [7, 11) is 0. The summed E-state index contributed by atoms with van der Waals surface area (Å²) >= 11 is 4.82. The number of thiophene rings is 1. The Labute approximate surface area is 120 Å². The first-order chi connectivity index (χ1) is 8.91. The number of hydrogen-bond acceptors (Lipinski definition) is 3. The van der Waals surface area contributed by atoms with Crippen molar-refractivity contribution in [3.05, 3.63) is 56.2 Å². The Kier molecular flexibility index (Phi) is 4.29. The van der Waals surface area contributed by atoms with Gasteiger partial charge in [-0.05, 0) is 45.8 Å². The maximum atomic E-state index is 12.5. The normalized spacial score (nSPS) is 13.5. The van der Waals surface area contributed by atoms with E-state index in [1.165, 1.54) is 23.5 Å². The van der Waals surface area contributed by atoms with Gasteiger partial charge in [0.15, 0.2) is 0 Å². The minimum Gasteiger partial charge on any atom is -0.271 e. The van der Waals surface area contributed by atoms with Crippen molar-refractivity contribution in [2.75, 3.05) is 0 Å². The topological polar surface area (TPSA) is 38.0 Å². The van der Waals surface area contributed by atoms with Gasteiger partial charge in [-0.15, -0.1) is 11.3 Å². The zero-order valence-corrected chi connectivity index (χ0v) is 11.9. The predicted molar refractivity (Wildman–Crippen MR) is 72.6 cm³/mol. The Bertz CT molecular complexity index is 551. The van der Waals surface area contributed by atoms with Crippen molar-refractivity contribution in [2.45, 2.75) is 12.2 Å². The number of benzene rings is 1. The molecule has 0 aliphatic carbocycles. The Morgan fingerprint density at radius 3 is 2.16 bits per heavy atom. The van der Waals surface area contributed by atoms with Crippen molar-refractivity contribution in [1.82, 2.24) is 5.43 Å². The van der Waals surface area contributed by atoms with E-state index in [0.717, 1.165) is 20.8 Å². The summed E-state index contributed by atoms with van der Waals surface area (Å²) in [4.78, 5) is 0.925. The molecule has 19 heavy (non-hydrogen) atoms. The highest BCUT2D eigenvalue weighted by atomic mass is 79.9. The lowest BCUT2D eigenvalue weighted by Gasteiger charge is -2.15. The van der Waals surface area contributed by atoms with E-state index in [4.69, 9.17) is 5.84 Å². The smallest absolute Gasteiger partial charge is 0.271 e. The van der Waals surface area contributed by atoms with E-state index >= 15 is 0 Å². The molecular formula is C12H10BrF3N2S. The van der Waals surface area contributed by atoms with Crippen LogP contribution in [-0.4, -0.2) is 0 Å². The van der Waals surface area contributed by atoms with Crippen molar-refractivity contribution in [3.8, 4) is 0 Å². The van der Waals surface area contributed by atoms with E-state index in [1.54, 1.807) is 0 Å². The zero-order valence-electron chi connectivity index (χ0n) is 9.54. The van der Waals surface area contributed by atoms with Crippen LogP contribution in [0, 0.1) is 0 Å². The van der Waals surface area contributed by atoms with Gasteiger partial charge in [0.1, 0.15) is 0 Å². The van der Waals surface area contributed by atoms with Crippen LogP contribution in [0.25, 0.3) is 0 Å². The van der Waals surface area contributed by atoms with Gasteiger partial charge in [0.05, 0.1) is 15.4 Å². The fraction of sp³-hybridized carbons (Fsp3) is 0.167. The van der Waals surface area contributed by atoms with E-state index < -0.39 is 11.7 Å². The Hall–Kier alpha value is -0.890. The fourth-order valence-corrected chi connectivity index (χ4v) is 3.20. The summed E-state index contributed by atoms with van der Waals surface area (Å²) in [5.41, 5.74) is 2.63. The lowest BCUT2D eigenvalue weighted by molar-refractivity contribution is -0.137. The summed E-state index contributed by atoms with van der Waals surface area (Å²) in [6.45, 7) is 0. The second-order valence-electron chi connectivity index (χ2n) is 3.86. The van der Waals surface area contributed by atoms with Crippen LogP contribution in [0.1, 0.15) is 22.0 Å². The van der Waals surface area contributed by atoms with Gasteiger partial charge < -0.3 is 0 Å². The van der Waals surface area contributed by atoms with Crippen molar-refractivity contribution in [3.63, 3.8) is 0 Å². The van der Waals surface area contributed by atoms with E-state index in [2.05, 4.69) is 21.4 Å². The van der Waals surface area contributed by atoms with Crippen molar-refractivity contribution in [2.24, 2.45) is 5.84 Å². The third kappa shape index (κ3) is 3.36. The van der Waals surface area contributed by atoms with Crippen LogP contribution in [0.4, 0.5) is 13.2 Å². The van der Waals surface area contributed by atoms with E-state index in [1.807, 2.05) is 12.1 Å². The average molecular weight is 351 g/mol. The summed E-state index contributed by atoms with van der Waals surface area (Å²) in [5.74, 6) is 5.49. The molecule has 0 spiro atoms. The van der Waals surface area contributed by atoms with Crippen LogP contribution < -0.4 is 11.3 Å². The molecule has 0 aliphatic heterocycles. The van der Waals surface area contributed by atoms with Crippen LogP contribution in [0.2, 0.25) is 0 Å². The summed E-state index contributed by atoms with van der Waals surface area (Å²) in [5, 5.41) is 0. The molecule has 1 atom stereocenters. The molecule has 0 aliphatic rings. The van der Waals surface area contributed by atoms with Gasteiger partial charge in [-0.2, -0.15) is 13.2 Å². The third-order valence-electron chi connectivity index (χ3n) is 2.62. The molecule has 0 amide bonds. The first kappa shape index (κ1) is 14.5. The molecule has 0 bridgehead atoms. The molecular weight excluding hydrogens is 341 g/mol. The molecule has 1 aromatic carbocycles. The molecule has 1 heterocycles. The summed E-state index contributed by atoms with van der Waals surface area (Å²) in [6, 6.07) is 8.40. The first-order valence-corrected chi connectivity index (χ1v) is 6.91. The molecule has 2 nitrogen and oxygen atoms in total. The van der Waals surface area contributed by atoms with Crippen LogP contribution in [0.15, 0.2) is 40.2 Å². The monoisotopic (exact) mass is 350 g/mol. The highest BCUT2D eigenvalue weighted by Gasteiger charge is 2.30. The molecule has 0 radical (unpaired) electrons. The molecule has 1 unspecified atom stereocenters. The number of rotatable bonds is 3.